The third-order valence-electron chi connectivity index (χ3n) is 5.44. The molecule has 4 aromatic rings. The number of aromatic nitrogens is 1. The van der Waals surface area contributed by atoms with Crippen LogP contribution in [0, 0.1) is 0 Å². The molecule has 1 unspecified atom stereocenters. The van der Waals surface area contributed by atoms with Gasteiger partial charge in [-0.1, -0.05) is 66.2 Å². The molecule has 0 fully saturated rings. The van der Waals surface area contributed by atoms with Crippen molar-refractivity contribution in [3.05, 3.63) is 93.8 Å². The van der Waals surface area contributed by atoms with Crippen molar-refractivity contribution in [3.63, 3.8) is 0 Å². The summed E-state index contributed by atoms with van der Waals surface area (Å²) in [6.45, 7) is -0.365. The zero-order valence-corrected chi connectivity index (χ0v) is 19.9. The summed E-state index contributed by atoms with van der Waals surface area (Å²) < 4.78 is 5.65. The van der Waals surface area contributed by atoms with E-state index in [0.717, 1.165) is 39.6 Å². The van der Waals surface area contributed by atoms with Gasteiger partial charge in [-0.25, -0.2) is 9.78 Å². The molecule has 5 rings (SSSR count). The van der Waals surface area contributed by atoms with Crippen LogP contribution < -0.4 is 4.74 Å². The Morgan fingerprint density at radius 2 is 1.94 bits per heavy atom. The van der Waals surface area contributed by atoms with Crippen LogP contribution in [0.4, 0.5) is 0 Å². The smallest absolute Gasteiger partial charge is 0.341 e. The quantitative estimate of drug-likeness (QED) is 0.297. The van der Waals surface area contributed by atoms with Crippen molar-refractivity contribution in [3.8, 4) is 27.6 Å². The topological polar surface area (TPSA) is 59.4 Å². The molecule has 0 bridgehead atoms. The Balaban J connectivity index is 1.55. The summed E-state index contributed by atoms with van der Waals surface area (Å²) in [5.41, 5.74) is 5.23. The SMILES string of the molecule is O=C(O)COc1cccc2c1CC(SCc1ccccc1)c1sc(-c3cccc(Cl)c3)nc1-2. The first-order valence-corrected chi connectivity index (χ1v) is 12.7. The lowest BCUT2D eigenvalue weighted by molar-refractivity contribution is -0.139. The summed E-state index contributed by atoms with van der Waals surface area (Å²) >= 11 is 9.81. The van der Waals surface area contributed by atoms with Gasteiger partial charge in [0.15, 0.2) is 6.61 Å². The Bertz CT molecular complexity index is 1310. The van der Waals surface area contributed by atoms with E-state index in [1.165, 1.54) is 10.4 Å². The van der Waals surface area contributed by atoms with E-state index in [2.05, 4.69) is 24.3 Å². The number of halogens is 1. The van der Waals surface area contributed by atoms with Crippen LogP contribution in [0.25, 0.3) is 21.8 Å². The predicted octanol–water partition coefficient (Wildman–Crippen LogP) is 7.12. The highest BCUT2D eigenvalue weighted by molar-refractivity contribution is 7.98. The largest absolute Gasteiger partial charge is 0.482 e. The number of nitrogens with zero attached hydrogens (tertiary/aromatic N) is 1. The number of benzene rings is 3. The number of ether oxygens (including phenoxy) is 1. The number of carboxylic acids is 1. The standard InChI is InChI=1S/C26H20ClNO3S2/c27-18-9-4-8-17(12-18)26-28-24-19-10-5-11-21(31-14-23(29)30)20(19)13-22(25(24)33-26)32-15-16-6-2-1-3-7-16/h1-12,22H,13-15H2,(H,29,30). The summed E-state index contributed by atoms with van der Waals surface area (Å²) in [6, 6.07) is 23.9. The summed E-state index contributed by atoms with van der Waals surface area (Å²) in [5.74, 6) is 0.502. The van der Waals surface area contributed by atoms with E-state index in [1.807, 2.05) is 60.3 Å². The molecule has 0 spiro atoms. The van der Waals surface area contributed by atoms with Crippen molar-refractivity contribution >= 4 is 40.7 Å². The maximum atomic E-state index is 11.1. The molecule has 1 aromatic heterocycles. The molecule has 0 saturated carbocycles. The number of fused-ring (bicyclic) bond motifs is 3. The molecule has 3 aromatic carbocycles. The predicted molar refractivity (Wildman–Crippen MR) is 135 cm³/mol. The van der Waals surface area contributed by atoms with E-state index < -0.39 is 5.97 Å². The first-order valence-electron chi connectivity index (χ1n) is 10.5. The molecule has 1 N–H and O–H groups in total. The number of hydrogen-bond acceptors (Lipinski definition) is 5. The molecule has 7 heteroatoms. The number of carbonyl (C=O) groups is 1. The summed E-state index contributed by atoms with van der Waals surface area (Å²) in [6.07, 6.45) is 0.757. The number of carboxylic acid groups (broad SMARTS) is 1. The zero-order chi connectivity index (χ0) is 22.8. The minimum absolute atomic E-state index is 0.188. The number of rotatable bonds is 7. The molecular weight excluding hydrogens is 474 g/mol. The van der Waals surface area contributed by atoms with Crippen LogP contribution in [0.2, 0.25) is 5.02 Å². The Morgan fingerprint density at radius 1 is 1.12 bits per heavy atom. The van der Waals surface area contributed by atoms with Crippen LogP contribution in [-0.4, -0.2) is 22.7 Å². The van der Waals surface area contributed by atoms with Crippen molar-refractivity contribution in [1.82, 2.24) is 4.98 Å². The van der Waals surface area contributed by atoms with Crippen LogP contribution in [0.15, 0.2) is 72.8 Å². The lowest BCUT2D eigenvalue weighted by atomic mass is 9.92. The first-order chi connectivity index (χ1) is 16.1. The maximum absolute atomic E-state index is 11.1. The second kappa shape index (κ2) is 9.59. The lowest BCUT2D eigenvalue weighted by Gasteiger charge is -2.25. The van der Waals surface area contributed by atoms with Crippen LogP contribution in [0.5, 0.6) is 5.75 Å². The molecule has 166 valence electrons. The molecule has 1 aliphatic carbocycles. The van der Waals surface area contributed by atoms with E-state index in [0.29, 0.717) is 10.8 Å². The molecule has 1 atom stereocenters. The fourth-order valence-electron chi connectivity index (χ4n) is 3.94. The Kier molecular flexibility index (Phi) is 6.40. The van der Waals surface area contributed by atoms with Crippen LogP contribution in [-0.2, 0) is 17.0 Å². The second-order valence-electron chi connectivity index (χ2n) is 7.70. The Hall–Kier alpha value is -2.80. The third kappa shape index (κ3) is 4.78. The fourth-order valence-corrected chi connectivity index (χ4v) is 6.67. The van der Waals surface area contributed by atoms with Crippen LogP contribution >= 0.6 is 34.7 Å². The van der Waals surface area contributed by atoms with E-state index in [4.69, 9.17) is 26.4 Å². The van der Waals surface area contributed by atoms with Gasteiger partial charge in [0.05, 0.1) is 5.69 Å². The van der Waals surface area contributed by atoms with Gasteiger partial charge >= 0.3 is 5.97 Å². The molecule has 0 radical (unpaired) electrons. The van der Waals surface area contributed by atoms with E-state index in [9.17, 15) is 4.79 Å². The Labute approximate surface area is 205 Å². The number of thioether (sulfide) groups is 1. The number of hydrogen-bond donors (Lipinski definition) is 1. The van der Waals surface area contributed by atoms with Gasteiger partial charge in [-0.05, 0) is 30.2 Å². The van der Waals surface area contributed by atoms with Crippen molar-refractivity contribution in [2.24, 2.45) is 0 Å². The highest BCUT2D eigenvalue weighted by atomic mass is 35.5. The Morgan fingerprint density at radius 3 is 2.73 bits per heavy atom. The highest BCUT2D eigenvalue weighted by Gasteiger charge is 2.31. The normalized spacial score (nSPS) is 14.4. The van der Waals surface area contributed by atoms with Crippen molar-refractivity contribution in [1.29, 1.82) is 0 Å². The zero-order valence-electron chi connectivity index (χ0n) is 17.5. The van der Waals surface area contributed by atoms with Crippen LogP contribution in [0.1, 0.15) is 21.3 Å². The summed E-state index contributed by atoms with van der Waals surface area (Å²) in [7, 11) is 0. The number of thiazole rings is 1. The van der Waals surface area contributed by atoms with Crippen molar-refractivity contribution in [2.45, 2.75) is 17.4 Å². The monoisotopic (exact) mass is 493 g/mol. The minimum Gasteiger partial charge on any atom is -0.482 e. The van der Waals surface area contributed by atoms with Crippen LogP contribution in [0.3, 0.4) is 0 Å². The molecule has 0 saturated heterocycles. The lowest BCUT2D eigenvalue weighted by Crippen LogP contribution is -2.13. The molecule has 0 aliphatic heterocycles. The maximum Gasteiger partial charge on any atom is 0.341 e. The second-order valence-corrected chi connectivity index (χ2v) is 10.4. The minimum atomic E-state index is -0.990. The number of aliphatic carboxylic acids is 1. The van der Waals surface area contributed by atoms with Gasteiger partial charge in [-0.3, -0.25) is 0 Å². The van der Waals surface area contributed by atoms with Gasteiger partial charge in [0.2, 0.25) is 0 Å². The molecular formula is C26H20ClNO3S2. The van der Waals surface area contributed by atoms with Gasteiger partial charge in [-0.15, -0.1) is 23.1 Å². The fraction of sp³-hybridized carbons (Fsp3) is 0.154. The van der Waals surface area contributed by atoms with E-state index in [1.54, 1.807) is 11.3 Å². The first kappa shape index (κ1) is 22.0. The summed E-state index contributed by atoms with van der Waals surface area (Å²) in [5, 5.41) is 10.9. The van der Waals surface area contributed by atoms with Gasteiger partial charge in [0.25, 0.3) is 0 Å². The van der Waals surface area contributed by atoms with E-state index >= 15 is 0 Å². The molecule has 33 heavy (non-hydrogen) atoms. The average Bonchev–Trinajstić information content (AvgIpc) is 3.28. The van der Waals surface area contributed by atoms with Gasteiger partial charge in [-0.2, -0.15) is 0 Å². The molecule has 1 aliphatic rings. The summed E-state index contributed by atoms with van der Waals surface area (Å²) in [4.78, 5) is 17.4. The molecule has 4 nitrogen and oxygen atoms in total. The van der Waals surface area contributed by atoms with Gasteiger partial charge in [0, 0.05) is 37.6 Å². The molecule has 0 amide bonds. The third-order valence-corrected chi connectivity index (χ3v) is 8.35. The highest BCUT2D eigenvalue weighted by Crippen LogP contribution is 2.51. The van der Waals surface area contributed by atoms with Gasteiger partial charge in [0.1, 0.15) is 10.8 Å². The molecule has 1 heterocycles. The van der Waals surface area contributed by atoms with Gasteiger partial charge < -0.3 is 9.84 Å². The van der Waals surface area contributed by atoms with Crippen molar-refractivity contribution < 1.29 is 14.6 Å². The van der Waals surface area contributed by atoms with Crippen molar-refractivity contribution in [2.75, 3.05) is 6.61 Å². The van der Waals surface area contributed by atoms with E-state index in [-0.39, 0.29) is 11.9 Å². The average molecular weight is 494 g/mol.